The third-order valence-corrected chi connectivity index (χ3v) is 3.83. The first kappa shape index (κ1) is 14.3. The summed E-state index contributed by atoms with van der Waals surface area (Å²) in [5.74, 6) is -1.64. The van der Waals surface area contributed by atoms with Crippen molar-refractivity contribution < 1.29 is 14.7 Å². The van der Waals surface area contributed by atoms with Gasteiger partial charge < -0.3 is 10.0 Å². The Morgan fingerprint density at radius 3 is 2.95 bits per heavy atom. The molecule has 0 spiro atoms. The zero-order valence-corrected chi connectivity index (χ0v) is 12.3. The van der Waals surface area contributed by atoms with Crippen molar-refractivity contribution in [1.82, 2.24) is 9.88 Å². The molecule has 7 heteroatoms. The molecule has 2 heterocycles. The summed E-state index contributed by atoms with van der Waals surface area (Å²) >= 11 is 9.15. The number of halogens is 2. The molecule has 0 saturated carbocycles. The van der Waals surface area contributed by atoms with E-state index in [9.17, 15) is 9.59 Å². The third-order valence-electron chi connectivity index (χ3n) is 3.09. The summed E-state index contributed by atoms with van der Waals surface area (Å²) in [5, 5.41) is 9.15. The lowest BCUT2D eigenvalue weighted by Gasteiger charge is -2.30. The van der Waals surface area contributed by atoms with Gasteiger partial charge in [0.05, 0.1) is 11.5 Å². The molecule has 0 bridgehead atoms. The fourth-order valence-electron chi connectivity index (χ4n) is 2.11. The van der Waals surface area contributed by atoms with E-state index in [1.54, 1.807) is 6.07 Å². The largest absolute Gasteiger partial charge is 0.481 e. The second-order valence-electron chi connectivity index (χ2n) is 4.42. The van der Waals surface area contributed by atoms with E-state index >= 15 is 0 Å². The van der Waals surface area contributed by atoms with Gasteiger partial charge in [0.25, 0.3) is 5.91 Å². The predicted octanol–water partition coefficient (Wildman–Crippen LogP) is 2.43. The quantitative estimate of drug-likeness (QED) is 0.834. The summed E-state index contributed by atoms with van der Waals surface area (Å²) in [7, 11) is 0. The Kier molecular flexibility index (Phi) is 4.42. The molecule has 1 aromatic heterocycles. The smallest absolute Gasteiger partial charge is 0.308 e. The van der Waals surface area contributed by atoms with Gasteiger partial charge in [-0.1, -0.05) is 11.6 Å². The molecule has 1 saturated heterocycles. The lowest BCUT2D eigenvalue weighted by molar-refractivity contribution is -0.143. The number of carboxylic acid groups (broad SMARTS) is 1. The van der Waals surface area contributed by atoms with Gasteiger partial charge in [-0.2, -0.15) is 0 Å². The van der Waals surface area contributed by atoms with Crippen molar-refractivity contribution in [3.8, 4) is 0 Å². The second kappa shape index (κ2) is 5.88. The maximum atomic E-state index is 12.3. The number of pyridine rings is 1. The van der Waals surface area contributed by atoms with Crippen molar-refractivity contribution in [1.29, 1.82) is 0 Å². The molecule has 19 heavy (non-hydrogen) atoms. The Bertz CT molecular complexity index is 524. The van der Waals surface area contributed by atoms with E-state index < -0.39 is 11.9 Å². The normalized spacial score (nSPS) is 19.3. The van der Waals surface area contributed by atoms with Gasteiger partial charge >= 0.3 is 5.97 Å². The standard InChI is InChI=1S/C12H12BrClN2O3/c13-8-4-9(10(14)15-5-8)11(17)16-3-1-2-7(6-16)12(18)19/h4-5,7H,1-3,6H2,(H,18,19)/t7-/m1/s1. The lowest BCUT2D eigenvalue weighted by atomic mass is 9.98. The van der Waals surface area contributed by atoms with Crippen LogP contribution in [0.4, 0.5) is 0 Å². The molecule has 1 fully saturated rings. The van der Waals surface area contributed by atoms with Crippen LogP contribution in [0.25, 0.3) is 0 Å². The maximum Gasteiger partial charge on any atom is 0.308 e. The van der Waals surface area contributed by atoms with Crippen LogP contribution in [0.15, 0.2) is 16.7 Å². The summed E-state index contributed by atoms with van der Waals surface area (Å²) in [4.78, 5) is 28.8. The third kappa shape index (κ3) is 3.25. The molecule has 2 rings (SSSR count). The average Bonchev–Trinajstić information content (AvgIpc) is 2.41. The van der Waals surface area contributed by atoms with Crippen LogP contribution in [0.5, 0.6) is 0 Å². The highest BCUT2D eigenvalue weighted by Crippen LogP contribution is 2.23. The van der Waals surface area contributed by atoms with Crippen LogP contribution in [0.2, 0.25) is 5.15 Å². The number of rotatable bonds is 2. The number of amides is 1. The van der Waals surface area contributed by atoms with Crippen LogP contribution < -0.4 is 0 Å². The molecule has 1 amide bonds. The Morgan fingerprint density at radius 2 is 2.26 bits per heavy atom. The number of hydrogen-bond donors (Lipinski definition) is 1. The molecular weight excluding hydrogens is 336 g/mol. The topological polar surface area (TPSA) is 70.5 Å². The molecule has 0 aliphatic carbocycles. The van der Waals surface area contributed by atoms with Crippen LogP contribution in [0.1, 0.15) is 23.2 Å². The van der Waals surface area contributed by atoms with Crippen molar-refractivity contribution in [3.05, 3.63) is 27.5 Å². The Morgan fingerprint density at radius 1 is 1.53 bits per heavy atom. The average molecular weight is 348 g/mol. The summed E-state index contributed by atoms with van der Waals surface area (Å²) in [6.45, 7) is 0.766. The lowest BCUT2D eigenvalue weighted by Crippen LogP contribution is -2.42. The highest BCUT2D eigenvalue weighted by Gasteiger charge is 2.29. The fraction of sp³-hybridized carbons (Fsp3) is 0.417. The van der Waals surface area contributed by atoms with Gasteiger partial charge in [-0.15, -0.1) is 0 Å². The molecule has 5 nitrogen and oxygen atoms in total. The number of carbonyl (C=O) groups excluding carboxylic acids is 1. The molecular formula is C12H12BrClN2O3. The highest BCUT2D eigenvalue weighted by molar-refractivity contribution is 9.10. The molecule has 1 aliphatic rings. The van der Waals surface area contributed by atoms with Crippen LogP contribution in [0, 0.1) is 5.92 Å². The van der Waals surface area contributed by atoms with Gasteiger partial charge in [0.2, 0.25) is 0 Å². The molecule has 1 atom stereocenters. The molecule has 0 aromatic carbocycles. The van der Waals surface area contributed by atoms with E-state index in [1.165, 1.54) is 11.1 Å². The predicted molar refractivity (Wildman–Crippen MR) is 73.2 cm³/mol. The first-order valence-electron chi connectivity index (χ1n) is 5.82. The minimum absolute atomic E-state index is 0.130. The summed E-state index contributed by atoms with van der Waals surface area (Å²) < 4.78 is 0.659. The van der Waals surface area contributed by atoms with Gasteiger partial charge in [-0.05, 0) is 34.8 Å². The van der Waals surface area contributed by atoms with Crippen LogP contribution >= 0.6 is 27.5 Å². The minimum Gasteiger partial charge on any atom is -0.481 e. The first-order chi connectivity index (χ1) is 8.99. The SMILES string of the molecule is O=C(O)[C@@H]1CCCN(C(=O)c2cc(Br)cnc2Cl)C1. The monoisotopic (exact) mass is 346 g/mol. The van der Waals surface area contributed by atoms with Gasteiger partial charge in [0.1, 0.15) is 5.15 Å². The maximum absolute atomic E-state index is 12.3. The number of hydrogen-bond acceptors (Lipinski definition) is 3. The van der Waals surface area contributed by atoms with Gasteiger partial charge in [0.15, 0.2) is 0 Å². The summed E-state index contributed by atoms with van der Waals surface area (Å²) in [5.41, 5.74) is 0.294. The van der Waals surface area contributed by atoms with E-state index in [0.29, 0.717) is 29.4 Å². The van der Waals surface area contributed by atoms with E-state index in [1.807, 2.05) is 0 Å². The highest BCUT2D eigenvalue weighted by atomic mass is 79.9. The zero-order chi connectivity index (χ0) is 14.0. The number of carboxylic acids is 1. The van der Waals surface area contributed by atoms with Gasteiger partial charge in [-0.25, -0.2) is 4.98 Å². The number of carbonyl (C=O) groups is 2. The van der Waals surface area contributed by atoms with Crippen LogP contribution in [-0.4, -0.2) is 40.0 Å². The number of aromatic nitrogens is 1. The van der Waals surface area contributed by atoms with Crippen molar-refractivity contribution in [2.24, 2.45) is 5.92 Å². The summed E-state index contributed by atoms with van der Waals surface area (Å²) in [6.07, 6.45) is 2.79. The first-order valence-corrected chi connectivity index (χ1v) is 6.99. The molecule has 1 N–H and O–H groups in total. The molecule has 0 radical (unpaired) electrons. The van der Waals surface area contributed by atoms with E-state index in [0.717, 1.165) is 0 Å². The Hall–Kier alpha value is -1.14. The molecule has 1 aromatic rings. The van der Waals surface area contributed by atoms with Gasteiger partial charge in [-0.3, -0.25) is 9.59 Å². The number of aliphatic carboxylic acids is 1. The second-order valence-corrected chi connectivity index (χ2v) is 5.69. The number of likely N-dealkylation sites (tertiary alicyclic amines) is 1. The zero-order valence-electron chi connectivity index (χ0n) is 9.97. The van der Waals surface area contributed by atoms with Crippen molar-refractivity contribution >= 4 is 39.4 Å². The van der Waals surface area contributed by atoms with E-state index in [-0.39, 0.29) is 17.6 Å². The van der Waals surface area contributed by atoms with Crippen LogP contribution in [-0.2, 0) is 4.79 Å². The summed E-state index contributed by atoms with van der Waals surface area (Å²) in [6, 6.07) is 1.60. The molecule has 0 unspecified atom stereocenters. The van der Waals surface area contributed by atoms with Crippen molar-refractivity contribution in [2.45, 2.75) is 12.8 Å². The van der Waals surface area contributed by atoms with E-state index in [4.69, 9.17) is 16.7 Å². The molecule has 1 aliphatic heterocycles. The number of nitrogens with zero attached hydrogens (tertiary/aromatic N) is 2. The van der Waals surface area contributed by atoms with Crippen LogP contribution in [0.3, 0.4) is 0 Å². The minimum atomic E-state index is -0.865. The van der Waals surface area contributed by atoms with Crippen molar-refractivity contribution in [3.63, 3.8) is 0 Å². The van der Waals surface area contributed by atoms with E-state index in [2.05, 4.69) is 20.9 Å². The Balaban J connectivity index is 2.19. The number of piperidine rings is 1. The Labute approximate surface area is 123 Å². The molecule has 102 valence electrons. The fourth-order valence-corrected chi connectivity index (χ4v) is 2.62. The van der Waals surface area contributed by atoms with Gasteiger partial charge in [0, 0.05) is 23.8 Å². The van der Waals surface area contributed by atoms with Crippen molar-refractivity contribution in [2.75, 3.05) is 13.1 Å².